The standard InChI is InChI=1S/C23H31NO5/c1-14(23-10-15-4-16(11-23)6-17(5-15)12-23)24-21(25)13-29-22(26)18-7-19(27-2)9-20(8-18)28-3/h7-9,14-17H,4-6,10-13H2,1-3H3,(H,24,25). The van der Waals surface area contributed by atoms with Crippen LogP contribution in [-0.4, -0.2) is 38.7 Å². The molecule has 5 rings (SSSR count). The molecule has 4 aliphatic rings. The number of carbonyl (C=O) groups is 2. The number of methoxy groups -OCH3 is 2. The summed E-state index contributed by atoms with van der Waals surface area (Å²) in [5, 5.41) is 3.12. The van der Waals surface area contributed by atoms with Gasteiger partial charge in [0.2, 0.25) is 0 Å². The largest absolute Gasteiger partial charge is 0.497 e. The van der Waals surface area contributed by atoms with E-state index in [9.17, 15) is 9.59 Å². The van der Waals surface area contributed by atoms with Crippen LogP contribution in [0.5, 0.6) is 11.5 Å². The molecule has 1 amide bonds. The van der Waals surface area contributed by atoms with E-state index in [1.165, 1.54) is 52.7 Å². The van der Waals surface area contributed by atoms with Gasteiger partial charge in [0, 0.05) is 12.1 Å². The number of amides is 1. The van der Waals surface area contributed by atoms with Crippen molar-refractivity contribution in [1.29, 1.82) is 0 Å². The maximum atomic E-state index is 12.5. The van der Waals surface area contributed by atoms with Crippen LogP contribution >= 0.6 is 0 Å². The van der Waals surface area contributed by atoms with Crippen molar-refractivity contribution in [2.45, 2.75) is 51.5 Å². The number of ether oxygens (including phenoxy) is 3. The van der Waals surface area contributed by atoms with Crippen molar-refractivity contribution >= 4 is 11.9 Å². The smallest absolute Gasteiger partial charge is 0.338 e. The van der Waals surface area contributed by atoms with E-state index in [1.54, 1.807) is 18.2 Å². The molecule has 0 heterocycles. The second kappa shape index (κ2) is 7.88. The van der Waals surface area contributed by atoms with E-state index in [0.29, 0.717) is 17.1 Å². The molecule has 0 aliphatic heterocycles. The van der Waals surface area contributed by atoms with Gasteiger partial charge in [0.1, 0.15) is 11.5 Å². The summed E-state index contributed by atoms with van der Waals surface area (Å²) in [5.41, 5.74) is 0.525. The average Bonchev–Trinajstić information content (AvgIpc) is 2.70. The van der Waals surface area contributed by atoms with Crippen LogP contribution in [0.1, 0.15) is 55.8 Å². The number of carbonyl (C=O) groups excluding carboxylic acids is 2. The lowest BCUT2D eigenvalue weighted by atomic mass is 9.48. The molecule has 6 heteroatoms. The zero-order valence-corrected chi connectivity index (χ0v) is 17.5. The lowest BCUT2D eigenvalue weighted by Gasteiger charge is -2.59. The van der Waals surface area contributed by atoms with Gasteiger partial charge in [0.25, 0.3) is 5.91 Å². The lowest BCUT2D eigenvalue weighted by Crippen LogP contribution is -2.56. The van der Waals surface area contributed by atoms with E-state index in [2.05, 4.69) is 12.2 Å². The Bertz CT molecular complexity index is 732. The Hall–Kier alpha value is -2.24. The number of nitrogens with one attached hydrogen (secondary N) is 1. The quantitative estimate of drug-likeness (QED) is 0.707. The second-order valence-electron chi connectivity index (χ2n) is 9.25. The molecule has 6 nitrogen and oxygen atoms in total. The van der Waals surface area contributed by atoms with E-state index in [1.807, 2.05) is 0 Å². The highest BCUT2D eigenvalue weighted by molar-refractivity contribution is 5.92. The minimum Gasteiger partial charge on any atom is -0.497 e. The molecule has 1 atom stereocenters. The molecular formula is C23H31NO5. The van der Waals surface area contributed by atoms with Crippen LogP contribution in [0.3, 0.4) is 0 Å². The van der Waals surface area contributed by atoms with Gasteiger partial charge in [-0.15, -0.1) is 0 Å². The molecule has 0 spiro atoms. The van der Waals surface area contributed by atoms with Gasteiger partial charge in [-0.3, -0.25) is 4.79 Å². The number of benzene rings is 1. The Balaban J connectivity index is 1.33. The molecule has 1 N–H and O–H groups in total. The van der Waals surface area contributed by atoms with Crippen molar-refractivity contribution in [3.8, 4) is 11.5 Å². The summed E-state index contributed by atoms with van der Waals surface area (Å²) in [6, 6.07) is 4.93. The van der Waals surface area contributed by atoms with Gasteiger partial charge in [-0.05, 0) is 80.8 Å². The highest BCUT2D eigenvalue weighted by Crippen LogP contribution is 2.61. The topological polar surface area (TPSA) is 73.9 Å². The Labute approximate surface area is 172 Å². The van der Waals surface area contributed by atoms with E-state index in [0.717, 1.165) is 17.8 Å². The third-order valence-corrected chi connectivity index (χ3v) is 7.30. The summed E-state index contributed by atoms with van der Waals surface area (Å²) in [7, 11) is 3.03. The Morgan fingerprint density at radius 1 is 1.00 bits per heavy atom. The van der Waals surface area contributed by atoms with Gasteiger partial charge in [0.05, 0.1) is 19.8 Å². The van der Waals surface area contributed by atoms with Gasteiger partial charge in [-0.2, -0.15) is 0 Å². The van der Waals surface area contributed by atoms with Crippen LogP contribution in [0.4, 0.5) is 0 Å². The summed E-state index contributed by atoms with van der Waals surface area (Å²) in [6.45, 7) is 1.84. The van der Waals surface area contributed by atoms with Gasteiger partial charge < -0.3 is 19.5 Å². The summed E-state index contributed by atoms with van der Waals surface area (Å²) in [5.74, 6) is 2.69. The fourth-order valence-corrected chi connectivity index (χ4v) is 6.28. The number of rotatable bonds is 7. The first-order valence-corrected chi connectivity index (χ1v) is 10.6. The van der Waals surface area contributed by atoms with Gasteiger partial charge in [-0.1, -0.05) is 0 Å². The molecule has 29 heavy (non-hydrogen) atoms. The molecule has 158 valence electrons. The van der Waals surface area contributed by atoms with E-state index >= 15 is 0 Å². The molecule has 4 bridgehead atoms. The van der Waals surface area contributed by atoms with E-state index < -0.39 is 5.97 Å². The van der Waals surface area contributed by atoms with Crippen LogP contribution in [0.25, 0.3) is 0 Å². The Kier molecular flexibility index (Phi) is 5.45. The predicted molar refractivity (Wildman–Crippen MR) is 108 cm³/mol. The predicted octanol–water partition coefficient (Wildman–Crippen LogP) is 3.58. The lowest BCUT2D eigenvalue weighted by molar-refractivity contribution is -0.128. The molecular weight excluding hydrogens is 370 g/mol. The highest BCUT2D eigenvalue weighted by Gasteiger charge is 2.53. The van der Waals surface area contributed by atoms with Crippen molar-refractivity contribution in [2.24, 2.45) is 23.2 Å². The molecule has 1 aromatic rings. The molecule has 0 aromatic heterocycles. The van der Waals surface area contributed by atoms with Crippen molar-refractivity contribution in [1.82, 2.24) is 5.32 Å². The van der Waals surface area contributed by atoms with E-state index in [4.69, 9.17) is 14.2 Å². The number of hydrogen-bond acceptors (Lipinski definition) is 5. The number of esters is 1. The fourth-order valence-electron chi connectivity index (χ4n) is 6.28. The minimum atomic E-state index is -0.570. The molecule has 0 saturated heterocycles. The molecule has 4 aliphatic carbocycles. The second-order valence-corrected chi connectivity index (χ2v) is 9.25. The van der Waals surface area contributed by atoms with Crippen LogP contribution < -0.4 is 14.8 Å². The van der Waals surface area contributed by atoms with Crippen LogP contribution in [-0.2, 0) is 9.53 Å². The van der Waals surface area contributed by atoms with Crippen LogP contribution in [0.2, 0.25) is 0 Å². The first-order chi connectivity index (χ1) is 13.9. The molecule has 1 unspecified atom stereocenters. The SMILES string of the molecule is COc1cc(OC)cc(C(=O)OCC(=O)NC(C)C23CC4CC(CC(C4)C2)C3)c1. The Morgan fingerprint density at radius 3 is 2.00 bits per heavy atom. The van der Waals surface area contributed by atoms with Crippen molar-refractivity contribution in [2.75, 3.05) is 20.8 Å². The van der Waals surface area contributed by atoms with Crippen LogP contribution in [0, 0.1) is 23.2 Å². The third-order valence-electron chi connectivity index (χ3n) is 7.30. The van der Waals surface area contributed by atoms with Gasteiger partial charge >= 0.3 is 5.97 Å². The zero-order chi connectivity index (χ0) is 20.6. The van der Waals surface area contributed by atoms with Gasteiger partial charge in [0.15, 0.2) is 6.61 Å². The first kappa shape index (κ1) is 20.0. The zero-order valence-electron chi connectivity index (χ0n) is 17.5. The fraction of sp³-hybridized carbons (Fsp3) is 0.652. The molecule has 0 radical (unpaired) electrons. The Morgan fingerprint density at radius 2 is 1.52 bits per heavy atom. The highest BCUT2D eigenvalue weighted by atomic mass is 16.5. The van der Waals surface area contributed by atoms with Crippen molar-refractivity contribution in [3.05, 3.63) is 23.8 Å². The van der Waals surface area contributed by atoms with Crippen molar-refractivity contribution < 1.29 is 23.8 Å². The summed E-state index contributed by atoms with van der Waals surface area (Å²) < 4.78 is 15.6. The van der Waals surface area contributed by atoms with E-state index in [-0.39, 0.29) is 24.0 Å². The maximum Gasteiger partial charge on any atom is 0.338 e. The monoisotopic (exact) mass is 401 g/mol. The molecule has 4 saturated carbocycles. The minimum absolute atomic E-state index is 0.110. The summed E-state index contributed by atoms with van der Waals surface area (Å²) in [4.78, 5) is 24.9. The van der Waals surface area contributed by atoms with Crippen LogP contribution in [0.15, 0.2) is 18.2 Å². The van der Waals surface area contributed by atoms with Crippen molar-refractivity contribution in [3.63, 3.8) is 0 Å². The first-order valence-electron chi connectivity index (χ1n) is 10.6. The maximum absolute atomic E-state index is 12.5. The number of hydrogen-bond donors (Lipinski definition) is 1. The summed E-state index contributed by atoms with van der Waals surface area (Å²) >= 11 is 0. The summed E-state index contributed by atoms with van der Waals surface area (Å²) in [6.07, 6.45) is 7.81. The normalized spacial score (nSPS) is 30.5. The third kappa shape index (κ3) is 4.07. The molecule has 1 aromatic carbocycles. The average molecular weight is 402 g/mol. The molecule has 4 fully saturated rings. The van der Waals surface area contributed by atoms with Gasteiger partial charge in [-0.25, -0.2) is 4.79 Å².